The molecule has 0 spiro atoms. The third-order valence-corrected chi connectivity index (χ3v) is 6.57. The van der Waals surface area contributed by atoms with Crippen molar-refractivity contribution in [1.82, 2.24) is 24.4 Å². The summed E-state index contributed by atoms with van der Waals surface area (Å²) < 4.78 is 51.5. The average Bonchev–Trinajstić information content (AvgIpc) is 3.22. The summed E-state index contributed by atoms with van der Waals surface area (Å²) in [6, 6.07) is 5.95. The van der Waals surface area contributed by atoms with Crippen molar-refractivity contribution >= 4 is 22.9 Å². The van der Waals surface area contributed by atoms with E-state index >= 15 is 0 Å². The Morgan fingerprint density at radius 1 is 1.06 bits per heavy atom. The number of para-hydroxylation sites is 1. The molecule has 0 N–H and O–H groups in total. The first kappa shape index (κ1) is 24.3. The third-order valence-electron chi connectivity index (χ3n) is 6.57. The number of aryl methyl sites for hydroxylation is 1. The van der Waals surface area contributed by atoms with Crippen molar-refractivity contribution in [2.75, 3.05) is 44.3 Å². The monoisotopic (exact) mass is 504 g/mol. The second-order valence-electron chi connectivity index (χ2n) is 8.95. The number of fused-ring (bicyclic) bond motifs is 1. The number of benzene rings is 1. The lowest BCUT2D eigenvalue weighted by atomic mass is 10.1. The Labute approximate surface area is 205 Å². The van der Waals surface area contributed by atoms with Gasteiger partial charge in [-0.2, -0.15) is 0 Å². The van der Waals surface area contributed by atoms with Crippen LogP contribution in [0.25, 0.3) is 22.6 Å². The zero-order chi connectivity index (χ0) is 25.4. The highest BCUT2D eigenvalue weighted by atomic mass is 19.4. The SMILES string of the molecule is CC(=O)N1CCN(c2nc(C)nc3c2nc(-c2ccccc2OC(F)(F)F)n3C2CCOCC2)CC1. The number of halogens is 3. The van der Waals surface area contributed by atoms with E-state index in [4.69, 9.17) is 14.7 Å². The van der Waals surface area contributed by atoms with Crippen molar-refractivity contribution in [3.8, 4) is 17.1 Å². The molecule has 2 aliphatic heterocycles. The number of hydrogen-bond acceptors (Lipinski definition) is 7. The quantitative estimate of drug-likeness (QED) is 0.535. The second-order valence-corrected chi connectivity index (χ2v) is 8.95. The average molecular weight is 505 g/mol. The van der Waals surface area contributed by atoms with Crippen molar-refractivity contribution in [3.05, 3.63) is 30.1 Å². The van der Waals surface area contributed by atoms with Gasteiger partial charge in [0, 0.05) is 52.4 Å². The molecule has 36 heavy (non-hydrogen) atoms. The lowest BCUT2D eigenvalue weighted by molar-refractivity contribution is -0.274. The number of rotatable bonds is 4. The van der Waals surface area contributed by atoms with Gasteiger partial charge in [-0.15, -0.1) is 13.2 Å². The minimum atomic E-state index is -4.84. The van der Waals surface area contributed by atoms with E-state index in [-0.39, 0.29) is 23.3 Å². The van der Waals surface area contributed by atoms with Gasteiger partial charge in [0.2, 0.25) is 5.91 Å². The standard InChI is InChI=1S/C24H27F3N6O3/c1-15-28-22(32-11-9-31(10-12-32)16(2)34)20-23(29-15)33(17-7-13-35-14-8-17)21(30-20)18-5-3-4-6-19(18)36-24(25,26)27/h3-6,17H,7-14H2,1-2H3. The fourth-order valence-electron chi connectivity index (χ4n) is 4.86. The highest BCUT2D eigenvalue weighted by molar-refractivity contribution is 5.88. The predicted octanol–water partition coefficient (Wildman–Crippen LogP) is 3.72. The molecule has 5 rings (SSSR count). The molecule has 4 heterocycles. The van der Waals surface area contributed by atoms with Gasteiger partial charge in [-0.25, -0.2) is 15.0 Å². The molecule has 0 saturated carbocycles. The number of carbonyl (C=O) groups is 1. The summed E-state index contributed by atoms with van der Waals surface area (Å²) in [4.78, 5) is 29.8. The highest BCUT2D eigenvalue weighted by Crippen LogP contribution is 2.39. The number of anilines is 1. The number of ether oxygens (including phenoxy) is 2. The third kappa shape index (κ3) is 4.81. The van der Waals surface area contributed by atoms with Crippen LogP contribution in [0.15, 0.2) is 24.3 Å². The van der Waals surface area contributed by atoms with Crippen molar-refractivity contribution in [3.63, 3.8) is 0 Å². The Bertz CT molecular complexity index is 1260. The minimum Gasteiger partial charge on any atom is -0.405 e. The maximum Gasteiger partial charge on any atom is 0.573 e. The number of amides is 1. The van der Waals surface area contributed by atoms with Gasteiger partial charge in [-0.1, -0.05) is 12.1 Å². The van der Waals surface area contributed by atoms with Gasteiger partial charge in [0.05, 0.1) is 5.56 Å². The first-order valence-electron chi connectivity index (χ1n) is 11.9. The predicted molar refractivity (Wildman–Crippen MR) is 126 cm³/mol. The van der Waals surface area contributed by atoms with Crippen molar-refractivity contribution in [2.24, 2.45) is 0 Å². The molecule has 0 atom stereocenters. The van der Waals surface area contributed by atoms with E-state index in [0.717, 1.165) is 0 Å². The number of hydrogen-bond donors (Lipinski definition) is 0. The van der Waals surface area contributed by atoms with Crippen molar-refractivity contribution < 1.29 is 27.4 Å². The number of alkyl halides is 3. The van der Waals surface area contributed by atoms with Crippen molar-refractivity contribution in [2.45, 2.75) is 39.1 Å². The maximum absolute atomic E-state index is 13.2. The number of aromatic nitrogens is 4. The lowest BCUT2D eigenvalue weighted by Crippen LogP contribution is -2.48. The largest absolute Gasteiger partial charge is 0.573 e. The molecule has 3 aromatic rings. The summed E-state index contributed by atoms with van der Waals surface area (Å²) in [5, 5.41) is 0. The zero-order valence-corrected chi connectivity index (χ0v) is 20.1. The molecule has 2 fully saturated rings. The van der Waals surface area contributed by atoms with E-state index in [9.17, 15) is 18.0 Å². The summed E-state index contributed by atoms with van der Waals surface area (Å²) >= 11 is 0. The molecule has 2 aliphatic rings. The van der Waals surface area contributed by atoms with Crippen LogP contribution in [0.4, 0.5) is 19.0 Å². The van der Waals surface area contributed by atoms with Gasteiger partial charge in [0.1, 0.15) is 17.4 Å². The molecule has 2 saturated heterocycles. The van der Waals surface area contributed by atoms with Crippen LogP contribution in [0.3, 0.4) is 0 Å². The highest BCUT2D eigenvalue weighted by Gasteiger charge is 2.34. The molecular weight excluding hydrogens is 477 g/mol. The van der Waals surface area contributed by atoms with E-state index in [1.54, 1.807) is 30.9 Å². The number of nitrogens with zero attached hydrogens (tertiary/aromatic N) is 6. The fraction of sp³-hybridized carbons (Fsp3) is 0.500. The maximum atomic E-state index is 13.2. The molecule has 0 radical (unpaired) electrons. The normalized spacial score (nSPS) is 17.6. The molecule has 0 unspecified atom stereocenters. The first-order chi connectivity index (χ1) is 17.2. The molecule has 1 amide bonds. The van der Waals surface area contributed by atoms with E-state index < -0.39 is 6.36 Å². The summed E-state index contributed by atoms with van der Waals surface area (Å²) in [5.74, 6) is 1.19. The summed E-state index contributed by atoms with van der Waals surface area (Å²) in [6.45, 7) is 6.65. The van der Waals surface area contributed by atoms with Crippen LogP contribution in [0.5, 0.6) is 5.75 Å². The van der Waals surface area contributed by atoms with Gasteiger partial charge >= 0.3 is 6.36 Å². The van der Waals surface area contributed by atoms with Gasteiger partial charge < -0.3 is 23.8 Å². The number of piperazine rings is 1. The van der Waals surface area contributed by atoms with Crippen LogP contribution in [-0.2, 0) is 9.53 Å². The minimum absolute atomic E-state index is 0.0195. The van der Waals surface area contributed by atoms with E-state index in [1.807, 2.05) is 4.57 Å². The molecule has 0 bridgehead atoms. The topological polar surface area (TPSA) is 85.6 Å². The molecule has 192 valence electrons. The Kier molecular flexibility index (Phi) is 6.45. The molecule has 0 aliphatic carbocycles. The Balaban J connectivity index is 1.67. The van der Waals surface area contributed by atoms with Crippen LogP contribution in [0.2, 0.25) is 0 Å². The van der Waals surface area contributed by atoms with Gasteiger partial charge in [-0.05, 0) is 31.9 Å². The summed E-state index contributed by atoms with van der Waals surface area (Å²) in [5.41, 5.74) is 1.31. The van der Waals surface area contributed by atoms with Crippen LogP contribution in [0.1, 0.15) is 31.6 Å². The summed E-state index contributed by atoms with van der Waals surface area (Å²) in [6.07, 6.45) is -3.49. The molecule has 2 aromatic heterocycles. The van der Waals surface area contributed by atoms with E-state index in [0.29, 0.717) is 80.9 Å². The van der Waals surface area contributed by atoms with E-state index in [2.05, 4.69) is 14.6 Å². The summed E-state index contributed by atoms with van der Waals surface area (Å²) in [7, 11) is 0. The molecule has 12 heteroatoms. The Hall–Kier alpha value is -3.41. The van der Waals surface area contributed by atoms with Gasteiger partial charge in [0.15, 0.2) is 17.0 Å². The smallest absolute Gasteiger partial charge is 0.405 e. The Morgan fingerprint density at radius 2 is 1.75 bits per heavy atom. The van der Waals surface area contributed by atoms with Gasteiger partial charge in [-0.3, -0.25) is 4.79 Å². The van der Waals surface area contributed by atoms with Crippen molar-refractivity contribution in [1.29, 1.82) is 0 Å². The molecular formula is C24H27F3N6O3. The Morgan fingerprint density at radius 3 is 2.42 bits per heavy atom. The van der Waals surface area contributed by atoms with Crippen LogP contribution in [-0.4, -0.2) is 76.1 Å². The van der Waals surface area contributed by atoms with E-state index in [1.165, 1.54) is 12.1 Å². The van der Waals surface area contributed by atoms with Crippen LogP contribution < -0.4 is 9.64 Å². The zero-order valence-electron chi connectivity index (χ0n) is 20.1. The number of imidazole rings is 1. The van der Waals surface area contributed by atoms with Crippen LogP contribution in [0, 0.1) is 6.92 Å². The molecule has 9 nitrogen and oxygen atoms in total. The lowest BCUT2D eigenvalue weighted by Gasteiger charge is -2.35. The van der Waals surface area contributed by atoms with Crippen LogP contribution >= 0.6 is 0 Å². The number of carbonyl (C=O) groups excluding carboxylic acids is 1. The first-order valence-corrected chi connectivity index (χ1v) is 11.9. The van der Waals surface area contributed by atoms with Gasteiger partial charge in [0.25, 0.3) is 0 Å². The second kappa shape index (κ2) is 9.57. The molecule has 1 aromatic carbocycles. The fourth-order valence-corrected chi connectivity index (χ4v) is 4.86.